The van der Waals surface area contributed by atoms with Gasteiger partial charge in [0.25, 0.3) is 0 Å². The smallest absolute Gasteiger partial charge is 0.164 e. The molecule has 6 heteroatoms. The zero-order chi connectivity index (χ0) is 39.8. The third-order valence-electron chi connectivity index (χ3n) is 12.6. The van der Waals surface area contributed by atoms with Crippen LogP contribution >= 0.6 is 0 Å². The fraction of sp³-hybridized carbons (Fsp3) is 0. The molecule has 0 saturated carbocycles. The van der Waals surface area contributed by atoms with E-state index in [4.69, 9.17) is 23.8 Å². The van der Waals surface area contributed by atoms with Crippen LogP contribution in [0.3, 0.4) is 0 Å². The van der Waals surface area contributed by atoms with E-state index in [0.29, 0.717) is 17.5 Å². The summed E-state index contributed by atoms with van der Waals surface area (Å²) in [5.74, 6) is 1.82. The SMILES string of the molecule is c1ccc2c(-c3nc(-c4ccc5oc6ccccc6c5c4)nc(-c4cccc5c(-n6c7ccc8cccc9oc%10cccc%11ccc6c(c%11%10)c7c89)cccc45)n3)cccc2c1. The van der Waals surface area contributed by atoms with Crippen LogP contribution in [0.4, 0.5) is 0 Å². The van der Waals surface area contributed by atoms with Gasteiger partial charge in [-0.3, -0.25) is 0 Å². The van der Waals surface area contributed by atoms with Crippen LogP contribution in [0.25, 0.3) is 138 Å². The molecule has 282 valence electrons. The molecule has 6 nitrogen and oxygen atoms in total. The Kier molecular flexibility index (Phi) is 6.46. The Hall–Kier alpha value is -8.35. The normalized spacial score (nSPS) is 12.3. The molecule has 10 aromatic carbocycles. The van der Waals surface area contributed by atoms with Crippen molar-refractivity contribution in [3.05, 3.63) is 182 Å². The molecule has 0 atom stereocenters. The largest absolute Gasteiger partial charge is 0.456 e. The Morgan fingerprint density at radius 2 is 0.852 bits per heavy atom. The van der Waals surface area contributed by atoms with Crippen molar-refractivity contribution in [3.63, 3.8) is 0 Å². The second kappa shape index (κ2) is 12.1. The number of benzene rings is 10. The Morgan fingerprint density at radius 1 is 0.328 bits per heavy atom. The van der Waals surface area contributed by atoms with Gasteiger partial charge in [0.1, 0.15) is 22.3 Å². The molecule has 0 aliphatic rings. The molecule has 4 heterocycles. The molecule has 0 aliphatic heterocycles. The molecule has 0 spiro atoms. The van der Waals surface area contributed by atoms with Crippen LogP contribution in [-0.2, 0) is 0 Å². The molecule has 61 heavy (non-hydrogen) atoms. The molecular weight excluding hydrogens is 749 g/mol. The quantitative estimate of drug-likeness (QED) is 0.178. The average molecular weight is 779 g/mol. The van der Waals surface area contributed by atoms with Crippen molar-refractivity contribution in [1.29, 1.82) is 0 Å². The van der Waals surface area contributed by atoms with Gasteiger partial charge in [0.15, 0.2) is 17.5 Å². The summed E-state index contributed by atoms with van der Waals surface area (Å²) in [6.45, 7) is 0. The fourth-order valence-corrected chi connectivity index (χ4v) is 9.94. The summed E-state index contributed by atoms with van der Waals surface area (Å²) in [6.07, 6.45) is 0. The molecule has 0 N–H and O–H groups in total. The van der Waals surface area contributed by atoms with Crippen LogP contribution in [0, 0.1) is 0 Å². The van der Waals surface area contributed by atoms with E-state index in [0.717, 1.165) is 110 Å². The number of aromatic nitrogens is 4. The Bertz CT molecular complexity index is 4030. The Balaban J connectivity index is 1.04. The second-order valence-electron chi connectivity index (χ2n) is 15.9. The van der Waals surface area contributed by atoms with Crippen molar-refractivity contribution >= 4 is 98.0 Å². The van der Waals surface area contributed by atoms with Crippen LogP contribution in [-0.4, -0.2) is 19.5 Å². The lowest BCUT2D eigenvalue weighted by atomic mass is 10.00. The first-order valence-corrected chi connectivity index (χ1v) is 20.5. The highest BCUT2D eigenvalue weighted by molar-refractivity contribution is 6.33. The van der Waals surface area contributed by atoms with Gasteiger partial charge >= 0.3 is 0 Å². The Morgan fingerprint density at radius 3 is 1.62 bits per heavy atom. The summed E-state index contributed by atoms with van der Waals surface area (Å²) >= 11 is 0. The molecule has 0 radical (unpaired) electrons. The van der Waals surface area contributed by atoms with Gasteiger partial charge in [-0.05, 0) is 81.5 Å². The first kappa shape index (κ1) is 32.6. The molecule has 0 amide bonds. The minimum Gasteiger partial charge on any atom is -0.456 e. The van der Waals surface area contributed by atoms with Gasteiger partial charge in [-0.25, -0.2) is 15.0 Å². The first-order valence-electron chi connectivity index (χ1n) is 20.5. The topological polar surface area (TPSA) is 69.9 Å². The standard InChI is InChI=1S/C55H30N4O2/c1-2-14-35-31(10-1)11-5-18-39(35)54-56-53(34-26-29-46-41(30-34)38-15-3-4-21-45(38)60-46)57-55(58-54)40-19-8-17-37-36(40)16-9-20-42(37)59-43-27-24-32-12-6-22-47-49(32)51(43)52-44(59)28-25-33-13-7-23-48(61-47)50(33)52/h1-30H. The van der Waals surface area contributed by atoms with E-state index in [1.807, 2.05) is 30.3 Å². The summed E-state index contributed by atoms with van der Waals surface area (Å²) in [5, 5.41) is 13.4. The summed E-state index contributed by atoms with van der Waals surface area (Å²) in [7, 11) is 0. The van der Waals surface area contributed by atoms with Crippen LogP contribution < -0.4 is 0 Å². The molecule has 0 saturated heterocycles. The number of para-hydroxylation sites is 1. The number of rotatable bonds is 4. The fourth-order valence-electron chi connectivity index (χ4n) is 9.94. The van der Waals surface area contributed by atoms with Crippen molar-refractivity contribution in [2.75, 3.05) is 0 Å². The van der Waals surface area contributed by atoms with Gasteiger partial charge in [0, 0.05) is 54.4 Å². The maximum atomic E-state index is 6.71. The zero-order valence-electron chi connectivity index (χ0n) is 32.4. The number of hydrogen-bond acceptors (Lipinski definition) is 5. The highest BCUT2D eigenvalue weighted by atomic mass is 16.3. The van der Waals surface area contributed by atoms with Crippen molar-refractivity contribution in [3.8, 4) is 39.9 Å². The van der Waals surface area contributed by atoms with Gasteiger partial charge in [-0.1, -0.05) is 127 Å². The average Bonchev–Trinajstić information content (AvgIpc) is 3.81. The van der Waals surface area contributed by atoms with Crippen molar-refractivity contribution in [2.45, 2.75) is 0 Å². The van der Waals surface area contributed by atoms with Gasteiger partial charge in [0.2, 0.25) is 0 Å². The summed E-state index contributed by atoms with van der Waals surface area (Å²) in [5.41, 5.74) is 9.53. The predicted octanol–water partition coefficient (Wildman–Crippen LogP) is 14.7. The molecule has 0 fully saturated rings. The molecule has 4 aromatic heterocycles. The predicted molar refractivity (Wildman–Crippen MR) is 249 cm³/mol. The van der Waals surface area contributed by atoms with E-state index in [-0.39, 0.29) is 0 Å². The molecular formula is C55H30N4O2. The highest BCUT2D eigenvalue weighted by Crippen LogP contribution is 2.46. The number of hydrogen-bond donors (Lipinski definition) is 0. The van der Waals surface area contributed by atoms with Crippen LogP contribution in [0.1, 0.15) is 0 Å². The van der Waals surface area contributed by atoms with E-state index in [9.17, 15) is 0 Å². The van der Waals surface area contributed by atoms with Crippen molar-refractivity contribution in [2.24, 2.45) is 0 Å². The summed E-state index contributed by atoms with van der Waals surface area (Å²) < 4.78 is 15.3. The van der Waals surface area contributed by atoms with Gasteiger partial charge < -0.3 is 13.4 Å². The van der Waals surface area contributed by atoms with E-state index in [1.54, 1.807) is 0 Å². The van der Waals surface area contributed by atoms with Crippen LogP contribution in [0.5, 0.6) is 0 Å². The van der Waals surface area contributed by atoms with Gasteiger partial charge in [0.05, 0.1) is 16.7 Å². The monoisotopic (exact) mass is 778 g/mol. The summed E-state index contributed by atoms with van der Waals surface area (Å²) in [4.78, 5) is 15.8. The van der Waals surface area contributed by atoms with E-state index < -0.39 is 0 Å². The Labute approximate surface area is 346 Å². The second-order valence-corrected chi connectivity index (χ2v) is 15.9. The number of nitrogens with zero attached hydrogens (tertiary/aromatic N) is 4. The van der Waals surface area contributed by atoms with E-state index in [2.05, 4.69) is 156 Å². The van der Waals surface area contributed by atoms with Crippen molar-refractivity contribution < 1.29 is 8.83 Å². The lowest BCUT2D eigenvalue weighted by molar-refractivity contribution is 0.664. The lowest BCUT2D eigenvalue weighted by Gasteiger charge is -2.15. The van der Waals surface area contributed by atoms with Crippen LogP contribution in [0.15, 0.2) is 191 Å². The molecule has 14 aromatic rings. The van der Waals surface area contributed by atoms with E-state index in [1.165, 1.54) is 10.8 Å². The van der Waals surface area contributed by atoms with E-state index >= 15 is 0 Å². The van der Waals surface area contributed by atoms with Crippen LogP contribution in [0.2, 0.25) is 0 Å². The third-order valence-corrected chi connectivity index (χ3v) is 12.6. The molecule has 0 unspecified atom stereocenters. The van der Waals surface area contributed by atoms with Gasteiger partial charge in [-0.15, -0.1) is 0 Å². The minimum absolute atomic E-state index is 0.595. The maximum Gasteiger partial charge on any atom is 0.164 e. The van der Waals surface area contributed by atoms with Gasteiger partial charge in [-0.2, -0.15) is 0 Å². The number of fused-ring (bicyclic) bond motifs is 5. The van der Waals surface area contributed by atoms with Crippen molar-refractivity contribution in [1.82, 2.24) is 19.5 Å². The molecule has 14 rings (SSSR count). The molecule has 0 bridgehead atoms. The third kappa shape index (κ3) is 4.58. The zero-order valence-corrected chi connectivity index (χ0v) is 32.4. The summed E-state index contributed by atoms with van der Waals surface area (Å²) in [6, 6.07) is 63.7. The lowest BCUT2D eigenvalue weighted by Crippen LogP contribution is -2.01. The minimum atomic E-state index is 0.595. The highest BCUT2D eigenvalue weighted by Gasteiger charge is 2.23. The maximum absolute atomic E-state index is 6.71. The number of furan rings is 1. The first-order chi connectivity index (χ1) is 30.2. The molecule has 0 aliphatic carbocycles.